The van der Waals surface area contributed by atoms with Crippen molar-refractivity contribution < 1.29 is 13.3 Å². The van der Waals surface area contributed by atoms with Crippen LogP contribution in [-0.4, -0.2) is 45.4 Å². The first-order valence-electron chi connectivity index (χ1n) is 8.29. The summed E-state index contributed by atoms with van der Waals surface area (Å²) in [5.74, 6) is 0.444. The van der Waals surface area contributed by atoms with Crippen LogP contribution < -0.4 is 4.90 Å². The average Bonchev–Trinajstić information content (AvgIpc) is 2.59. The van der Waals surface area contributed by atoms with Gasteiger partial charge in [-0.05, 0) is 30.0 Å². The highest BCUT2D eigenvalue weighted by atomic mass is 32.2. The van der Waals surface area contributed by atoms with Crippen molar-refractivity contribution in [2.24, 2.45) is 0 Å². The van der Waals surface area contributed by atoms with Gasteiger partial charge in [-0.25, -0.2) is 8.42 Å². The number of hydrogen-bond donors (Lipinski definition) is 1. The predicted molar refractivity (Wildman–Crippen MR) is 89.7 cm³/mol. The number of quaternary nitrogens is 1. The summed E-state index contributed by atoms with van der Waals surface area (Å²) in [5, 5.41) is 8.64. The van der Waals surface area contributed by atoms with Gasteiger partial charge in [-0.15, -0.1) is 0 Å². The summed E-state index contributed by atoms with van der Waals surface area (Å²) in [5.41, 5.74) is 1.18. The summed E-state index contributed by atoms with van der Waals surface area (Å²) < 4.78 is 27.0. The van der Waals surface area contributed by atoms with Crippen molar-refractivity contribution in [3.63, 3.8) is 0 Å². The van der Waals surface area contributed by atoms with Crippen LogP contribution >= 0.6 is 0 Å². The molecule has 1 aromatic rings. The predicted octanol–water partition coefficient (Wildman–Crippen LogP) is 1.00. The van der Waals surface area contributed by atoms with E-state index in [1.807, 2.05) is 12.1 Å². The average molecular weight is 336 g/mol. The van der Waals surface area contributed by atoms with E-state index in [2.05, 4.69) is 19.9 Å². The Morgan fingerprint density at radius 1 is 1.26 bits per heavy atom. The number of rotatable bonds is 6. The van der Waals surface area contributed by atoms with Crippen molar-refractivity contribution in [2.75, 3.05) is 32.7 Å². The molecule has 0 aromatic heterocycles. The highest BCUT2D eigenvalue weighted by Gasteiger charge is 2.30. The number of sulfonamides is 1. The Bertz CT molecular complexity index is 641. The van der Waals surface area contributed by atoms with Gasteiger partial charge in [0, 0.05) is 0 Å². The molecule has 1 fully saturated rings. The lowest BCUT2D eigenvalue weighted by Gasteiger charge is -2.31. The molecule has 0 saturated carbocycles. The molecule has 23 heavy (non-hydrogen) atoms. The molecule has 0 aliphatic carbocycles. The van der Waals surface area contributed by atoms with E-state index in [1.54, 1.807) is 16.4 Å². The molecule has 2 rings (SSSR count). The Kier molecular flexibility index (Phi) is 6.17. The fourth-order valence-electron chi connectivity index (χ4n) is 2.88. The molecule has 0 unspecified atom stereocenters. The van der Waals surface area contributed by atoms with E-state index in [-0.39, 0.29) is 0 Å². The summed E-state index contributed by atoms with van der Waals surface area (Å²) in [4.78, 5) is 1.69. The van der Waals surface area contributed by atoms with Gasteiger partial charge in [-0.3, -0.25) is 0 Å². The van der Waals surface area contributed by atoms with Crippen LogP contribution in [0.2, 0.25) is 0 Å². The van der Waals surface area contributed by atoms with Crippen LogP contribution in [-0.2, 0) is 10.0 Å². The van der Waals surface area contributed by atoms with E-state index >= 15 is 0 Å². The third kappa shape index (κ3) is 4.31. The van der Waals surface area contributed by atoms with Gasteiger partial charge >= 0.3 is 0 Å². The zero-order chi connectivity index (χ0) is 16.9. The molecular weight excluding hydrogens is 310 g/mol. The number of nitriles is 1. The van der Waals surface area contributed by atoms with Crippen molar-refractivity contribution in [1.82, 2.24) is 4.31 Å². The Morgan fingerprint density at radius 3 is 2.39 bits per heavy atom. The van der Waals surface area contributed by atoms with Crippen molar-refractivity contribution in [3.8, 4) is 6.07 Å². The zero-order valence-electron chi connectivity index (χ0n) is 14.0. The van der Waals surface area contributed by atoms with Crippen LogP contribution in [0.4, 0.5) is 0 Å². The molecule has 0 radical (unpaired) electrons. The second-order valence-corrected chi connectivity index (χ2v) is 8.13. The van der Waals surface area contributed by atoms with Crippen LogP contribution in [0.15, 0.2) is 29.2 Å². The summed E-state index contributed by atoms with van der Waals surface area (Å²) in [6, 6.07) is 9.46. The second kappa shape index (κ2) is 7.91. The normalized spacial score (nSPS) is 18.5. The third-order valence-corrected chi connectivity index (χ3v) is 6.63. The van der Waals surface area contributed by atoms with Gasteiger partial charge in [0.2, 0.25) is 10.0 Å². The fourth-order valence-corrected chi connectivity index (χ4v) is 4.32. The van der Waals surface area contributed by atoms with Gasteiger partial charge in [0.05, 0.1) is 50.1 Å². The number of hydrogen-bond acceptors (Lipinski definition) is 3. The van der Waals surface area contributed by atoms with Gasteiger partial charge in [0.25, 0.3) is 0 Å². The second-order valence-electron chi connectivity index (χ2n) is 6.19. The van der Waals surface area contributed by atoms with Crippen LogP contribution in [0.5, 0.6) is 0 Å². The number of nitrogens with zero attached hydrogens (tertiary/aromatic N) is 2. The van der Waals surface area contributed by atoms with Crippen molar-refractivity contribution >= 4 is 10.0 Å². The lowest BCUT2D eigenvalue weighted by Crippen LogP contribution is -3.14. The molecule has 126 valence electrons. The van der Waals surface area contributed by atoms with Gasteiger partial charge < -0.3 is 4.90 Å². The minimum absolute atomic E-state index is 0.380. The first-order chi connectivity index (χ1) is 11.0. The van der Waals surface area contributed by atoms with E-state index < -0.39 is 10.0 Å². The molecule has 0 amide bonds. The SMILES string of the molecule is CC[C@@H](C)c1ccc(S(=O)(=O)N2CC[NH+](CCC#N)CC2)cc1. The molecule has 1 aliphatic rings. The quantitative estimate of drug-likeness (QED) is 0.843. The molecule has 1 N–H and O–H groups in total. The highest BCUT2D eigenvalue weighted by Crippen LogP contribution is 2.22. The highest BCUT2D eigenvalue weighted by molar-refractivity contribution is 7.89. The molecular formula is C17H26N3O2S+. The van der Waals surface area contributed by atoms with Crippen LogP contribution in [0.3, 0.4) is 0 Å². The summed E-state index contributed by atoms with van der Waals surface area (Å²) >= 11 is 0. The van der Waals surface area contributed by atoms with Gasteiger partial charge in [-0.1, -0.05) is 26.0 Å². The number of piperazine rings is 1. The number of nitrogens with one attached hydrogen (secondary N) is 1. The maximum atomic E-state index is 12.7. The minimum atomic E-state index is -3.40. The van der Waals surface area contributed by atoms with E-state index in [4.69, 9.17) is 5.26 Å². The maximum Gasteiger partial charge on any atom is 0.243 e. The Morgan fingerprint density at radius 2 is 1.87 bits per heavy atom. The fraction of sp³-hybridized carbons (Fsp3) is 0.588. The van der Waals surface area contributed by atoms with Crippen LogP contribution in [0, 0.1) is 11.3 Å². The zero-order valence-corrected chi connectivity index (χ0v) is 14.8. The van der Waals surface area contributed by atoms with Gasteiger partial charge in [0.1, 0.15) is 0 Å². The molecule has 1 atom stereocenters. The Hall–Kier alpha value is -1.42. The lowest BCUT2D eigenvalue weighted by molar-refractivity contribution is -0.903. The smallest absolute Gasteiger partial charge is 0.243 e. The third-order valence-electron chi connectivity index (χ3n) is 4.72. The molecule has 1 aromatic carbocycles. The Labute approximate surface area is 139 Å². The first kappa shape index (κ1) is 17.9. The van der Waals surface area contributed by atoms with Crippen LogP contribution in [0.1, 0.15) is 38.2 Å². The van der Waals surface area contributed by atoms with Crippen molar-refractivity contribution in [3.05, 3.63) is 29.8 Å². The molecule has 5 nitrogen and oxygen atoms in total. The summed E-state index contributed by atoms with van der Waals surface area (Å²) in [6.07, 6.45) is 1.57. The van der Waals surface area contributed by atoms with E-state index in [0.717, 1.165) is 26.1 Å². The molecule has 1 heterocycles. The largest absolute Gasteiger partial charge is 0.332 e. The Balaban J connectivity index is 2.03. The maximum absolute atomic E-state index is 12.7. The molecule has 1 saturated heterocycles. The number of benzene rings is 1. The van der Waals surface area contributed by atoms with Gasteiger partial charge in [0.15, 0.2) is 0 Å². The topological polar surface area (TPSA) is 65.6 Å². The van der Waals surface area contributed by atoms with E-state index in [9.17, 15) is 8.42 Å². The van der Waals surface area contributed by atoms with E-state index in [0.29, 0.717) is 30.3 Å². The van der Waals surface area contributed by atoms with E-state index in [1.165, 1.54) is 10.5 Å². The minimum Gasteiger partial charge on any atom is -0.332 e. The standard InChI is InChI=1S/C17H25N3O2S/c1-3-15(2)16-5-7-17(8-6-16)23(21,22)20-13-11-19(12-14-20)10-4-9-18/h5-8,15H,3-4,10-14H2,1-2H3/p+1/t15-/m1/s1. The van der Waals surface area contributed by atoms with Crippen molar-refractivity contribution in [2.45, 2.75) is 37.5 Å². The molecule has 6 heteroatoms. The first-order valence-corrected chi connectivity index (χ1v) is 9.73. The molecule has 0 bridgehead atoms. The monoisotopic (exact) mass is 336 g/mol. The van der Waals surface area contributed by atoms with Crippen molar-refractivity contribution in [1.29, 1.82) is 5.26 Å². The summed E-state index contributed by atoms with van der Waals surface area (Å²) in [7, 11) is -3.40. The summed E-state index contributed by atoms with van der Waals surface area (Å²) in [6.45, 7) is 7.66. The molecule has 1 aliphatic heterocycles. The van der Waals surface area contributed by atoms with Crippen LogP contribution in [0.25, 0.3) is 0 Å². The lowest BCUT2D eigenvalue weighted by atomic mass is 9.99. The molecule has 0 spiro atoms. The van der Waals surface area contributed by atoms with Gasteiger partial charge in [-0.2, -0.15) is 9.57 Å².